The predicted octanol–water partition coefficient (Wildman–Crippen LogP) is 4.88. The molecule has 2 atom stereocenters. The molecular weight excluding hydrogens is 305 g/mol. The second-order valence-electron chi connectivity index (χ2n) is 6.27. The van der Waals surface area contributed by atoms with Gasteiger partial charge in [-0.3, -0.25) is 14.2 Å². The molecule has 0 aliphatic heterocycles. The lowest BCUT2D eigenvalue weighted by molar-refractivity contribution is -0.145. The van der Waals surface area contributed by atoms with E-state index in [9.17, 15) is 9.18 Å². The molecule has 0 fully saturated rings. The van der Waals surface area contributed by atoms with Crippen LogP contribution in [0.2, 0.25) is 0 Å². The van der Waals surface area contributed by atoms with Crippen LogP contribution in [0.1, 0.15) is 56.6 Å². The molecule has 0 amide bonds. The second-order valence-corrected chi connectivity index (χ2v) is 6.27. The molecule has 1 aromatic rings. The molecule has 4 heteroatoms. The minimum absolute atomic E-state index is 0.0220. The zero-order chi connectivity index (χ0) is 17.9. The Bertz CT molecular complexity index is 525. The summed E-state index contributed by atoms with van der Waals surface area (Å²) in [5, 5.41) is 0. The van der Waals surface area contributed by atoms with Crippen molar-refractivity contribution in [2.75, 3.05) is 20.3 Å². The van der Waals surface area contributed by atoms with Gasteiger partial charge in [-0.1, -0.05) is 50.1 Å². The first-order valence-corrected chi connectivity index (χ1v) is 8.76. The number of benzene rings is 1. The zero-order valence-corrected chi connectivity index (χ0v) is 15.3. The van der Waals surface area contributed by atoms with Crippen molar-refractivity contribution in [3.63, 3.8) is 0 Å². The monoisotopic (exact) mass is 335 g/mol. The van der Waals surface area contributed by atoms with Crippen molar-refractivity contribution in [1.82, 2.24) is 0 Å². The average molecular weight is 335 g/mol. The number of carbonyl (C=O) groups is 1. The summed E-state index contributed by atoms with van der Waals surface area (Å²) in [5.74, 6) is -0.435. The summed E-state index contributed by atoms with van der Waals surface area (Å²) in [5.41, 5.74) is 3.37. The number of hydrogen-bond acceptors (Lipinski definition) is 3. The van der Waals surface area contributed by atoms with Crippen molar-refractivity contribution >= 4 is 11.7 Å². The molecule has 3 nitrogen and oxygen atoms in total. The molecule has 1 rings (SSSR count). The van der Waals surface area contributed by atoms with E-state index in [-0.39, 0.29) is 24.5 Å². The normalized spacial score (nSPS) is 14.3. The minimum Gasteiger partial charge on any atom is -0.469 e. The smallest absolute Gasteiger partial charge is 0.309 e. The fraction of sp³-hybridized carbons (Fsp3) is 0.600. The number of aryl methyl sites for hydroxylation is 1. The number of carbonyl (C=O) groups excluding carboxylic acids is 1. The molecule has 0 heterocycles. The van der Waals surface area contributed by atoms with Gasteiger partial charge in [0.15, 0.2) is 0 Å². The molecule has 0 aromatic heterocycles. The lowest BCUT2D eigenvalue weighted by atomic mass is 9.82. The van der Waals surface area contributed by atoms with Gasteiger partial charge in [-0.2, -0.15) is 0 Å². The first-order valence-electron chi connectivity index (χ1n) is 8.76. The zero-order valence-electron chi connectivity index (χ0n) is 15.3. The number of rotatable bonds is 10. The van der Waals surface area contributed by atoms with Crippen molar-refractivity contribution in [3.8, 4) is 0 Å². The molecular formula is C20H30FNO2. The van der Waals surface area contributed by atoms with Crippen LogP contribution >= 0.6 is 0 Å². The standard InChI is InChI=1S/C20H30FNO2/c1-5-7-18(22-13-6-12-21)14-19(16(3)20(23)24-4)17-10-8-15(2)9-11-17/h8-11,16,19H,5-7,12-14H2,1-4H3/b22-18+. The predicted molar refractivity (Wildman–Crippen MR) is 97.5 cm³/mol. The number of nitrogens with zero attached hydrogens (tertiary/aromatic N) is 1. The van der Waals surface area contributed by atoms with Crippen LogP contribution in [0, 0.1) is 12.8 Å². The summed E-state index contributed by atoms with van der Waals surface area (Å²) in [6, 6.07) is 8.27. The molecule has 134 valence electrons. The highest BCUT2D eigenvalue weighted by molar-refractivity contribution is 5.86. The van der Waals surface area contributed by atoms with Gasteiger partial charge in [0.2, 0.25) is 0 Å². The fourth-order valence-corrected chi connectivity index (χ4v) is 2.83. The van der Waals surface area contributed by atoms with Crippen molar-refractivity contribution in [2.24, 2.45) is 10.9 Å². The van der Waals surface area contributed by atoms with Crippen LogP contribution in [0.4, 0.5) is 4.39 Å². The molecule has 0 aliphatic carbocycles. The Morgan fingerprint density at radius 3 is 2.50 bits per heavy atom. The number of alkyl halides is 1. The van der Waals surface area contributed by atoms with E-state index < -0.39 is 0 Å². The van der Waals surface area contributed by atoms with Crippen molar-refractivity contribution in [3.05, 3.63) is 35.4 Å². The first-order chi connectivity index (χ1) is 11.5. The maximum atomic E-state index is 12.3. The number of methoxy groups -OCH3 is 1. The van der Waals surface area contributed by atoms with E-state index in [0.29, 0.717) is 19.4 Å². The van der Waals surface area contributed by atoms with Gasteiger partial charge in [-0.15, -0.1) is 0 Å². The number of halogens is 1. The fourth-order valence-electron chi connectivity index (χ4n) is 2.83. The van der Waals surface area contributed by atoms with Crippen LogP contribution in [0.25, 0.3) is 0 Å². The van der Waals surface area contributed by atoms with Crippen LogP contribution in [-0.2, 0) is 9.53 Å². The van der Waals surface area contributed by atoms with Crippen LogP contribution in [-0.4, -0.2) is 32.0 Å². The van der Waals surface area contributed by atoms with Gasteiger partial charge in [0.05, 0.1) is 19.7 Å². The Labute approximate surface area is 145 Å². The van der Waals surface area contributed by atoms with Crippen LogP contribution in [0.15, 0.2) is 29.3 Å². The third-order valence-electron chi connectivity index (χ3n) is 4.30. The third kappa shape index (κ3) is 6.42. The van der Waals surface area contributed by atoms with Gasteiger partial charge in [0, 0.05) is 18.2 Å². The summed E-state index contributed by atoms with van der Waals surface area (Å²) >= 11 is 0. The molecule has 24 heavy (non-hydrogen) atoms. The average Bonchev–Trinajstić information content (AvgIpc) is 2.59. The summed E-state index contributed by atoms with van der Waals surface area (Å²) in [7, 11) is 1.42. The van der Waals surface area contributed by atoms with Gasteiger partial charge >= 0.3 is 5.97 Å². The Balaban J connectivity index is 3.04. The quantitative estimate of drug-likeness (QED) is 0.347. The van der Waals surface area contributed by atoms with Crippen molar-refractivity contribution in [2.45, 2.75) is 52.4 Å². The van der Waals surface area contributed by atoms with Crippen LogP contribution < -0.4 is 0 Å². The number of aliphatic imine (C=N–C) groups is 1. The molecule has 0 bridgehead atoms. The molecule has 0 N–H and O–H groups in total. The highest BCUT2D eigenvalue weighted by Crippen LogP contribution is 2.30. The maximum absolute atomic E-state index is 12.3. The van der Waals surface area contributed by atoms with Crippen LogP contribution in [0.5, 0.6) is 0 Å². The van der Waals surface area contributed by atoms with Gasteiger partial charge in [0.25, 0.3) is 0 Å². The lowest BCUT2D eigenvalue weighted by Gasteiger charge is -2.24. The summed E-state index contributed by atoms with van der Waals surface area (Å²) in [4.78, 5) is 16.7. The molecule has 0 saturated carbocycles. The molecule has 0 radical (unpaired) electrons. The topological polar surface area (TPSA) is 38.7 Å². The van der Waals surface area contributed by atoms with E-state index in [1.165, 1.54) is 12.7 Å². The van der Waals surface area contributed by atoms with E-state index >= 15 is 0 Å². The Hall–Kier alpha value is -1.71. The Morgan fingerprint density at radius 1 is 1.29 bits per heavy atom. The third-order valence-corrected chi connectivity index (χ3v) is 4.30. The summed E-state index contributed by atoms with van der Waals surface area (Å²) in [6.45, 7) is 6.22. The Kier molecular flexibility index (Phi) is 9.28. The molecule has 0 aliphatic rings. The lowest BCUT2D eigenvalue weighted by Crippen LogP contribution is -2.23. The highest BCUT2D eigenvalue weighted by atomic mass is 19.1. The summed E-state index contributed by atoms with van der Waals surface area (Å²) in [6.07, 6.45) is 3.03. The largest absolute Gasteiger partial charge is 0.469 e. The van der Waals surface area contributed by atoms with Crippen molar-refractivity contribution in [1.29, 1.82) is 0 Å². The van der Waals surface area contributed by atoms with E-state index in [2.05, 4.69) is 36.2 Å². The molecule has 0 saturated heterocycles. The van der Waals surface area contributed by atoms with Crippen molar-refractivity contribution < 1.29 is 13.9 Å². The van der Waals surface area contributed by atoms with E-state index in [1.54, 1.807) is 0 Å². The van der Waals surface area contributed by atoms with E-state index in [4.69, 9.17) is 4.74 Å². The summed E-state index contributed by atoms with van der Waals surface area (Å²) < 4.78 is 17.3. The van der Waals surface area contributed by atoms with E-state index in [0.717, 1.165) is 24.1 Å². The number of ether oxygens (including phenoxy) is 1. The van der Waals surface area contributed by atoms with Gasteiger partial charge in [0.1, 0.15) is 0 Å². The van der Waals surface area contributed by atoms with E-state index in [1.807, 2.05) is 13.8 Å². The number of esters is 1. The highest BCUT2D eigenvalue weighted by Gasteiger charge is 2.27. The SMILES string of the molecule is CCC/C(CC(c1ccc(C)cc1)C(C)C(=O)OC)=N\CCCF. The maximum Gasteiger partial charge on any atom is 0.309 e. The van der Waals surface area contributed by atoms with Gasteiger partial charge in [-0.05, 0) is 31.7 Å². The minimum atomic E-state index is -0.344. The second kappa shape index (κ2) is 11.0. The first kappa shape index (κ1) is 20.3. The molecule has 1 aromatic carbocycles. The molecule has 2 unspecified atom stereocenters. The van der Waals surface area contributed by atoms with Crippen LogP contribution in [0.3, 0.4) is 0 Å². The Morgan fingerprint density at radius 2 is 1.96 bits per heavy atom. The van der Waals surface area contributed by atoms with Gasteiger partial charge < -0.3 is 4.74 Å². The van der Waals surface area contributed by atoms with Gasteiger partial charge in [-0.25, -0.2) is 0 Å². The number of hydrogen-bond donors (Lipinski definition) is 0. The molecule has 0 spiro atoms.